The zero-order chi connectivity index (χ0) is 10.2. The molecule has 3 N–H and O–H groups in total. The second kappa shape index (κ2) is 3.09. The van der Waals surface area contributed by atoms with E-state index >= 15 is 0 Å². The Balaban J connectivity index is 2.64. The van der Waals surface area contributed by atoms with Gasteiger partial charge in [0.15, 0.2) is 10.3 Å². The summed E-state index contributed by atoms with van der Waals surface area (Å²) in [6.45, 7) is 0. The van der Waals surface area contributed by atoms with E-state index < -0.39 is 4.45 Å². The van der Waals surface area contributed by atoms with Gasteiger partial charge in [0, 0.05) is 0 Å². The Hall–Kier alpha value is -1.36. The average molecular weight is 254 g/mol. The first-order valence-electron chi connectivity index (χ1n) is 4.00. The Morgan fingerprint density at radius 3 is 2.86 bits per heavy atom. The molecular weight excluding hydrogens is 246 g/mol. The molecule has 1 atom stereocenters. The molecule has 14 heavy (non-hydrogen) atoms. The standard InChI is InChI=1S/C9H8BrN3O/c10-9(8(11)13-14)5-6-3-1-2-4-7(6)12-9/h1-5,14H,(H2,11,13). The first-order valence-corrected chi connectivity index (χ1v) is 4.80. The molecule has 2 rings (SSSR count). The van der Waals surface area contributed by atoms with Gasteiger partial charge in [0.1, 0.15) is 0 Å². The maximum Gasteiger partial charge on any atom is 0.195 e. The lowest BCUT2D eigenvalue weighted by Gasteiger charge is -2.12. The molecule has 0 amide bonds. The lowest BCUT2D eigenvalue weighted by molar-refractivity contribution is 0.316. The van der Waals surface area contributed by atoms with E-state index in [2.05, 4.69) is 26.1 Å². The monoisotopic (exact) mass is 253 g/mol. The third kappa shape index (κ3) is 1.29. The zero-order valence-electron chi connectivity index (χ0n) is 7.18. The summed E-state index contributed by atoms with van der Waals surface area (Å²) in [5, 5.41) is 13.3. The van der Waals surface area contributed by atoms with Gasteiger partial charge in [-0.3, -0.25) is 4.99 Å². The average Bonchev–Trinajstić information content (AvgIpc) is 2.54. The van der Waals surface area contributed by atoms with Gasteiger partial charge in [-0.2, -0.15) is 0 Å². The van der Waals surface area contributed by atoms with Gasteiger partial charge in [0.25, 0.3) is 0 Å². The van der Waals surface area contributed by atoms with Gasteiger partial charge in [0.2, 0.25) is 0 Å². The van der Waals surface area contributed by atoms with Crippen molar-refractivity contribution in [2.75, 3.05) is 0 Å². The highest BCUT2D eigenvalue weighted by Gasteiger charge is 2.30. The van der Waals surface area contributed by atoms with Crippen LogP contribution in [-0.2, 0) is 0 Å². The summed E-state index contributed by atoms with van der Waals surface area (Å²) in [5.74, 6) is 0.0219. The van der Waals surface area contributed by atoms with Crippen molar-refractivity contribution in [1.29, 1.82) is 0 Å². The summed E-state index contributed by atoms with van der Waals surface area (Å²) in [7, 11) is 0. The van der Waals surface area contributed by atoms with Crippen LogP contribution in [0.1, 0.15) is 0 Å². The quantitative estimate of drug-likeness (QED) is 0.184. The van der Waals surface area contributed by atoms with E-state index in [4.69, 9.17) is 10.9 Å². The number of nitrogens with two attached hydrogens (primary N) is 1. The van der Waals surface area contributed by atoms with Gasteiger partial charge in [0.05, 0.1) is 5.36 Å². The van der Waals surface area contributed by atoms with E-state index in [1.807, 2.05) is 24.3 Å². The molecule has 1 aromatic carbocycles. The third-order valence-corrected chi connectivity index (χ3v) is 2.85. The number of alkyl halides is 1. The maximum atomic E-state index is 8.59. The van der Waals surface area contributed by atoms with Crippen LogP contribution in [0.3, 0.4) is 0 Å². The van der Waals surface area contributed by atoms with Crippen LogP contribution in [0.5, 0.6) is 0 Å². The van der Waals surface area contributed by atoms with Crippen LogP contribution in [0.4, 0.5) is 0 Å². The molecule has 0 radical (unpaired) electrons. The van der Waals surface area contributed by atoms with Gasteiger partial charge in [-0.25, -0.2) is 0 Å². The van der Waals surface area contributed by atoms with Crippen molar-refractivity contribution in [3.8, 4) is 0 Å². The van der Waals surface area contributed by atoms with Crippen LogP contribution < -0.4 is 16.3 Å². The summed E-state index contributed by atoms with van der Waals surface area (Å²) in [6, 6.07) is 7.60. The molecule has 72 valence electrons. The van der Waals surface area contributed by atoms with Crippen LogP contribution in [0, 0.1) is 0 Å². The molecule has 1 unspecified atom stereocenters. The summed E-state index contributed by atoms with van der Waals surface area (Å²) >= 11 is 3.31. The number of hydrogen-bond acceptors (Lipinski definition) is 3. The molecule has 0 saturated carbocycles. The van der Waals surface area contributed by atoms with E-state index in [-0.39, 0.29) is 5.84 Å². The smallest absolute Gasteiger partial charge is 0.195 e. The second-order valence-corrected chi connectivity index (χ2v) is 4.18. The molecule has 0 saturated heterocycles. The minimum Gasteiger partial charge on any atom is -0.409 e. The molecule has 0 spiro atoms. The summed E-state index contributed by atoms with van der Waals surface area (Å²) in [6.07, 6.45) is 1.80. The summed E-state index contributed by atoms with van der Waals surface area (Å²) < 4.78 is -0.897. The number of amidine groups is 1. The van der Waals surface area contributed by atoms with E-state index in [9.17, 15) is 0 Å². The van der Waals surface area contributed by atoms with E-state index in [1.165, 1.54) is 0 Å². The van der Waals surface area contributed by atoms with Gasteiger partial charge in [-0.1, -0.05) is 23.4 Å². The lowest BCUT2D eigenvalue weighted by Crippen LogP contribution is -2.33. The molecule has 1 aliphatic heterocycles. The molecule has 0 aromatic heterocycles. The minimum absolute atomic E-state index is 0.0219. The van der Waals surface area contributed by atoms with E-state index in [0.29, 0.717) is 0 Å². The largest absolute Gasteiger partial charge is 0.409 e. The van der Waals surface area contributed by atoms with Crippen molar-refractivity contribution < 1.29 is 5.21 Å². The molecule has 1 aromatic rings. The predicted molar refractivity (Wildman–Crippen MR) is 56.8 cm³/mol. The summed E-state index contributed by atoms with van der Waals surface area (Å²) in [4.78, 5) is 4.30. The molecular formula is C9H8BrN3O. The minimum atomic E-state index is -0.897. The number of hydrogen-bond donors (Lipinski definition) is 2. The maximum absolute atomic E-state index is 8.59. The first kappa shape index (κ1) is 9.21. The molecule has 0 aliphatic carbocycles. The van der Waals surface area contributed by atoms with Crippen LogP contribution in [-0.4, -0.2) is 15.5 Å². The van der Waals surface area contributed by atoms with Crippen LogP contribution in [0.25, 0.3) is 6.08 Å². The Kier molecular flexibility index (Phi) is 2.03. The Morgan fingerprint density at radius 2 is 2.21 bits per heavy atom. The van der Waals surface area contributed by atoms with Crippen molar-refractivity contribution in [2.45, 2.75) is 4.45 Å². The van der Waals surface area contributed by atoms with Gasteiger partial charge < -0.3 is 10.9 Å². The number of fused-ring (bicyclic) bond motifs is 1. The molecule has 4 nitrogen and oxygen atoms in total. The third-order valence-electron chi connectivity index (χ3n) is 2.03. The second-order valence-electron chi connectivity index (χ2n) is 2.97. The lowest BCUT2D eigenvalue weighted by atomic mass is 10.2. The normalized spacial score (nSPS) is 25.1. The van der Waals surface area contributed by atoms with Gasteiger partial charge in [-0.15, -0.1) is 0 Å². The molecule has 5 heteroatoms. The SMILES string of the molecule is NC(=NO)C1(Br)C=c2ccccc2=N1. The molecule has 0 bridgehead atoms. The zero-order valence-corrected chi connectivity index (χ0v) is 8.77. The van der Waals surface area contributed by atoms with Crippen LogP contribution in [0.15, 0.2) is 34.4 Å². The number of benzene rings is 1. The van der Waals surface area contributed by atoms with Gasteiger partial charge >= 0.3 is 0 Å². The fraction of sp³-hybridized carbons (Fsp3) is 0.111. The number of nitrogens with zero attached hydrogens (tertiary/aromatic N) is 2. The van der Waals surface area contributed by atoms with Crippen molar-refractivity contribution in [1.82, 2.24) is 0 Å². The van der Waals surface area contributed by atoms with Crippen LogP contribution in [0.2, 0.25) is 0 Å². The van der Waals surface area contributed by atoms with Crippen molar-refractivity contribution in [3.63, 3.8) is 0 Å². The highest BCUT2D eigenvalue weighted by Crippen LogP contribution is 2.22. The topological polar surface area (TPSA) is 71.0 Å². The van der Waals surface area contributed by atoms with E-state index in [1.54, 1.807) is 6.08 Å². The highest BCUT2D eigenvalue weighted by molar-refractivity contribution is 9.10. The highest BCUT2D eigenvalue weighted by atomic mass is 79.9. The van der Waals surface area contributed by atoms with Crippen molar-refractivity contribution in [2.24, 2.45) is 15.9 Å². The number of oxime groups is 1. The number of para-hydroxylation sites is 1. The first-order chi connectivity index (χ1) is 6.65. The van der Waals surface area contributed by atoms with Crippen LogP contribution >= 0.6 is 15.9 Å². The fourth-order valence-electron chi connectivity index (χ4n) is 1.33. The Morgan fingerprint density at radius 1 is 1.50 bits per heavy atom. The van der Waals surface area contributed by atoms with Gasteiger partial charge in [-0.05, 0) is 33.3 Å². The summed E-state index contributed by atoms with van der Waals surface area (Å²) in [5.41, 5.74) is 5.52. The predicted octanol–water partition coefficient (Wildman–Crippen LogP) is -0.0621. The molecule has 1 heterocycles. The van der Waals surface area contributed by atoms with Crippen molar-refractivity contribution in [3.05, 3.63) is 34.8 Å². The molecule has 0 fully saturated rings. The Bertz CT molecular complexity index is 474. The van der Waals surface area contributed by atoms with E-state index in [0.717, 1.165) is 10.6 Å². The number of rotatable bonds is 1. The Labute approximate surface area is 88.6 Å². The number of halogens is 1. The fourth-order valence-corrected chi connectivity index (χ4v) is 1.84. The van der Waals surface area contributed by atoms with Crippen molar-refractivity contribution >= 4 is 27.8 Å². The molecule has 1 aliphatic rings.